The highest BCUT2D eigenvalue weighted by molar-refractivity contribution is 6.04. The third-order valence-electron chi connectivity index (χ3n) is 3.77. The molecule has 0 heterocycles. The van der Waals surface area contributed by atoms with E-state index in [9.17, 15) is 4.79 Å². The molecule has 0 saturated heterocycles. The molecule has 0 aliphatic heterocycles. The molecule has 4 nitrogen and oxygen atoms in total. The predicted octanol–water partition coefficient (Wildman–Crippen LogP) is 3.70. The molecule has 3 N–H and O–H groups in total. The average molecular weight is 320 g/mol. The van der Waals surface area contributed by atoms with Gasteiger partial charge in [0, 0.05) is 11.1 Å². The lowest BCUT2D eigenvalue weighted by Crippen LogP contribution is -2.32. The first-order valence-corrected chi connectivity index (χ1v) is 7.89. The predicted molar refractivity (Wildman–Crippen MR) is 97.0 cm³/mol. The number of hydrogen-bond donors (Lipinski definition) is 2. The molecule has 3 aromatic carbocycles. The van der Waals surface area contributed by atoms with Crippen molar-refractivity contribution in [2.24, 2.45) is 5.73 Å². The van der Waals surface area contributed by atoms with Crippen LogP contribution >= 0.6 is 0 Å². The number of hydrogen-bond acceptors (Lipinski definition) is 3. The minimum atomic E-state index is -0.558. The van der Waals surface area contributed by atoms with Crippen LogP contribution in [-0.2, 0) is 11.4 Å². The van der Waals surface area contributed by atoms with Gasteiger partial charge >= 0.3 is 0 Å². The van der Waals surface area contributed by atoms with Crippen LogP contribution in [-0.4, -0.2) is 11.9 Å². The fourth-order valence-corrected chi connectivity index (χ4v) is 2.44. The van der Waals surface area contributed by atoms with Gasteiger partial charge in [-0.3, -0.25) is 4.79 Å². The van der Waals surface area contributed by atoms with E-state index in [-0.39, 0.29) is 5.91 Å². The highest BCUT2D eigenvalue weighted by Gasteiger charge is 2.10. The molecule has 0 aliphatic carbocycles. The van der Waals surface area contributed by atoms with E-state index in [1.54, 1.807) is 6.92 Å². The van der Waals surface area contributed by atoms with Gasteiger partial charge in [-0.2, -0.15) is 0 Å². The number of carbonyl (C=O) groups is 1. The minimum Gasteiger partial charge on any atom is -0.489 e. The van der Waals surface area contributed by atoms with Crippen LogP contribution in [0.4, 0.5) is 5.69 Å². The summed E-state index contributed by atoms with van der Waals surface area (Å²) in [6, 6.07) is 21.1. The van der Waals surface area contributed by atoms with E-state index in [0.29, 0.717) is 6.61 Å². The first-order chi connectivity index (χ1) is 11.6. The van der Waals surface area contributed by atoms with Crippen LogP contribution in [0.15, 0.2) is 66.7 Å². The second-order valence-corrected chi connectivity index (χ2v) is 5.74. The van der Waals surface area contributed by atoms with Crippen LogP contribution in [0, 0.1) is 0 Å². The van der Waals surface area contributed by atoms with E-state index in [1.165, 1.54) is 0 Å². The van der Waals surface area contributed by atoms with E-state index in [4.69, 9.17) is 10.5 Å². The number of benzene rings is 3. The van der Waals surface area contributed by atoms with Crippen molar-refractivity contribution >= 4 is 22.4 Å². The zero-order chi connectivity index (χ0) is 16.9. The number of carbonyl (C=O) groups excluding carboxylic acids is 1. The number of rotatable bonds is 5. The van der Waals surface area contributed by atoms with E-state index in [0.717, 1.165) is 27.8 Å². The fraction of sp³-hybridized carbons (Fsp3) is 0.150. The summed E-state index contributed by atoms with van der Waals surface area (Å²) in [7, 11) is 0. The van der Waals surface area contributed by atoms with Gasteiger partial charge < -0.3 is 15.8 Å². The highest BCUT2D eigenvalue weighted by atomic mass is 16.5. The largest absolute Gasteiger partial charge is 0.489 e. The van der Waals surface area contributed by atoms with Gasteiger partial charge in [0.05, 0.1) is 6.04 Å². The zero-order valence-electron chi connectivity index (χ0n) is 13.5. The van der Waals surface area contributed by atoms with Crippen molar-refractivity contribution in [3.8, 4) is 5.75 Å². The Morgan fingerprint density at radius 2 is 1.88 bits per heavy atom. The quantitative estimate of drug-likeness (QED) is 0.753. The second-order valence-electron chi connectivity index (χ2n) is 5.74. The Labute approximate surface area is 141 Å². The molecule has 24 heavy (non-hydrogen) atoms. The molecule has 0 fully saturated rings. The normalized spacial score (nSPS) is 11.9. The summed E-state index contributed by atoms with van der Waals surface area (Å²) in [6.45, 7) is 2.16. The van der Waals surface area contributed by atoms with Gasteiger partial charge in [-0.05, 0) is 36.1 Å². The van der Waals surface area contributed by atoms with Gasteiger partial charge in [0.2, 0.25) is 5.91 Å². The summed E-state index contributed by atoms with van der Waals surface area (Å²) in [5, 5.41) is 4.83. The molecule has 1 amide bonds. The highest BCUT2D eigenvalue weighted by Crippen LogP contribution is 2.28. The molecule has 0 aliphatic rings. The van der Waals surface area contributed by atoms with Gasteiger partial charge in [0.1, 0.15) is 12.4 Å². The van der Waals surface area contributed by atoms with Crippen molar-refractivity contribution in [2.75, 3.05) is 5.32 Å². The number of fused-ring (bicyclic) bond motifs is 1. The van der Waals surface area contributed by atoms with Gasteiger partial charge in [0.15, 0.2) is 0 Å². The Balaban J connectivity index is 1.84. The van der Waals surface area contributed by atoms with Gasteiger partial charge in [-0.1, -0.05) is 48.5 Å². The van der Waals surface area contributed by atoms with E-state index in [2.05, 4.69) is 5.32 Å². The van der Waals surface area contributed by atoms with E-state index >= 15 is 0 Å². The van der Waals surface area contributed by atoms with Gasteiger partial charge in [-0.25, -0.2) is 0 Å². The van der Waals surface area contributed by atoms with Crippen LogP contribution in [0.5, 0.6) is 5.75 Å². The molecule has 0 radical (unpaired) electrons. The summed E-state index contributed by atoms with van der Waals surface area (Å²) < 4.78 is 5.87. The van der Waals surface area contributed by atoms with Crippen molar-refractivity contribution in [3.63, 3.8) is 0 Å². The van der Waals surface area contributed by atoms with Gasteiger partial charge in [-0.15, -0.1) is 0 Å². The van der Waals surface area contributed by atoms with Gasteiger partial charge in [0.25, 0.3) is 0 Å². The van der Waals surface area contributed by atoms with Crippen LogP contribution in [0.25, 0.3) is 10.8 Å². The molecule has 0 bridgehead atoms. The number of ether oxygens (including phenoxy) is 1. The van der Waals surface area contributed by atoms with Crippen LogP contribution < -0.4 is 15.8 Å². The number of nitrogens with two attached hydrogens (primary N) is 1. The maximum absolute atomic E-state index is 11.9. The first-order valence-electron chi connectivity index (χ1n) is 7.89. The lowest BCUT2D eigenvalue weighted by Gasteiger charge is -2.12. The lowest BCUT2D eigenvalue weighted by atomic mass is 10.1. The third kappa shape index (κ3) is 3.73. The van der Waals surface area contributed by atoms with Crippen molar-refractivity contribution in [1.82, 2.24) is 0 Å². The maximum Gasteiger partial charge on any atom is 0.241 e. The van der Waals surface area contributed by atoms with Crippen LogP contribution in [0.3, 0.4) is 0 Å². The van der Waals surface area contributed by atoms with Crippen molar-refractivity contribution < 1.29 is 9.53 Å². The van der Waals surface area contributed by atoms with E-state index in [1.807, 2.05) is 66.7 Å². The summed E-state index contributed by atoms with van der Waals surface area (Å²) in [5.41, 5.74) is 7.48. The van der Waals surface area contributed by atoms with Crippen molar-refractivity contribution in [1.29, 1.82) is 0 Å². The Morgan fingerprint density at radius 1 is 1.08 bits per heavy atom. The monoisotopic (exact) mass is 320 g/mol. The number of anilines is 1. The molecule has 3 aromatic rings. The smallest absolute Gasteiger partial charge is 0.241 e. The Bertz CT molecular complexity index is 845. The standard InChI is InChI=1S/C20H20N2O2/c1-14(21)20(23)22-19-9-5-8-16-10-11-17(12-18(16)19)24-13-15-6-3-2-4-7-15/h2-12,14H,13,21H2,1H3,(H,22,23). The molecular weight excluding hydrogens is 300 g/mol. The summed E-state index contributed by atoms with van der Waals surface area (Å²) in [4.78, 5) is 11.9. The minimum absolute atomic E-state index is 0.210. The van der Waals surface area contributed by atoms with E-state index < -0.39 is 6.04 Å². The molecule has 3 rings (SSSR count). The Morgan fingerprint density at radius 3 is 2.62 bits per heavy atom. The molecule has 4 heteroatoms. The summed E-state index contributed by atoms with van der Waals surface area (Å²) in [6.07, 6.45) is 0. The second kappa shape index (κ2) is 7.15. The fourth-order valence-electron chi connectivity index (χ4n) is 2.44. The lowest BCUT2D eigenvalue weighted by molar-refractivity contribution is -0.117. The number of amides is 1. The third-order valence-corrected chi connectivity index (χ3v) is 3.77. The van der Waals surface area contributed by atoms with Crippen molar-refractivity contribution in [2.45, 2.75) is 19.6 Å². The topological polar surface area (TPSA) is 64.4 Å². The first kappa shape index (κ1) is 16.0. The average Bonchev–Trinajstić information content (AvgIpc) is 2.61. The SMILES string of the molecule is CC(N)C(=O)Nc1cccc2ccc(OCc3ccccc3)cc12. The zero-order valence-corrected chi connectivity index (χ0v) is 13.5. The summed E-state index contributed by atoms with van der Waals surface area (Å²) in [5.74, 6) is 0.548. The Kier molecular flexibility index (Phi) is 4.77. The molecule has 0 saturated carbocycles. The maximum atomic E-state index is 11.9. The molecule has 0 aromatic heterocycles. The van der Waals surface area contributed by atoms with Crippen LogP contribution in [0.2, 0.25) is 0 Å². The molecule has 1 atom stereocenters. The molecule has 122 valence electrons. The Hall–Kier alpha value is -2.85. The molecule has 1 unspecified atom stereocenters. The molecular formula is C20H20N2O2. The summed E-state index contributed by atoms with van der Waals surface area (Å²) >= 11 is 0. The molecule has 0 spiro atoms. The van der Waals surface area contributed by atoms with Crippen LogP contribution in [0.1, 0.15) is 12.5 Å². The number of nitrogens with one attached hydrogen (secondary N) is 1. The van der Waals surface area contributed by atoms with Crippen molar-refractivity contribution in [3.05, 3.63) is 72.3 Å².